The number of aryl methyl sites for hydroxylation is 1. The molecule has 0 fully saturated rings. The first kappa shape index (κ1) is 21.3. The van der Waals surface area contributed by atoms with E-state index in [4.69, 9.17) is 9.47 Å². The summed E-state index contributed by atoms with van der Waals surface area (Å²) in [6.07, 6.45) is 6.80. The van der Waals surface area contributed by atoms with Crippen molar-refractivity contribution in [1.29, 1.82) is 0 Å². The minimum absolute atomic E-state index is 0.739. The Labute approximate surface area is 164 Å². The van der Waals surface area contributed by atoms with Crippen LogP contribution in [0.2, 0.25) is 0 Å². The topological polar surface area (TPSA) is 46.6 Å². The Bertz CT molecular complexity index is 714. The standard InChI is InChI=1S/C22H35N3O2/c1-6-25(7-2)15-11-9-8-10-13-23-18-16-19(26-4)22(27-5)20-17(3)12-14-24-21(18)20/h12,14,16,23H,6-11,13,15H2,1-5H3. The Hall–Kier alpha value is -2.01. The predicted molar refractivity (Wildman–Crippen MR) is 114 cm³/mol. The number of hydrogen-bond acceptors (Lipinski definition) is 5. The molecule has 0 spiro atoms. The summed E-state index contributed by atoms with van der Waals surface area (Å²) < 4.78 is 11.1. The second kappa shape index (κ2) is 11.0. The summed E-state index contributed by atoms with van der Waals surface area (Å²) in [6, 6.07) is 4.00. The number of hydrogen-bond donors (Lipinski definition) is 1. The number of nitrogens with zero attached hydrogens (tertiary/aromatic N) is 2. The Balaban J connectivity index is 1.96. The minimum atomic E-state index is 0.739. The van der Waals surface area contributed by atoms with Gasteiger partial charge in [0.25, 0.3) is 0 Å². The van der Waals surface area contributed by atoms with Gasteiger partial charge in [-0.1, -0.05) is 26.7 Å². The van der Waals surface area contributed by atoms with Gasteiger partial charge in [-0.05, 0) is 51.0 Å². The van der Waals surface area contributed by atoms with Crippen LogP contribution in [0.4, 0.5) is 5.69 Å². The van der Waals surface area contributed by atoms with Crippen LogP contribution in [0.1, 0.15) is 45.1 Å². The Morgan fingerprint density at radius 3 is 2.44 bits per heavy atom. The van der Waals surface area contributed by atoms with Gasteiger partial charge in [0.1, 0.15) is 0 Å². The average Bonchev–Trinajstić information content (AvgIpc) is 2.69. The minimum Gasteiger partial charge on any atom is -0.493 e. The maximum Gasteiger partial charge on any atom is 0.170 e. The molecular formula is C22H35N3O2. The van der Waals surface area contributed by atoms with Crippen LogP contribution in [0, 0.1) is 6.92 Å². The lowest BCUT2D eigenvalue weighted by molar-refractivity contribution is 0.295. The third-order valence-corrected chi connectivity index (χ3v) is 5.18. The molecule has 150 valence electrons. The van der Waals surface area contributed by atoms with Crippen LogP contribution in [0.25, 0.3) is 10.9 Å². The summed E-state index contributed by atoms with van der Waals surface area (Å²) in [6.45, 7) is 11.0. The summed E-state index contributed by atoms with van der Waals surface area (Å²) in [5.41, 5.74) is 3.08. The van der Waals surface area contributed by atoms with Crippen molar-refractivity contribution >= 4 is 16.6 Å². The number of pyridine rings is 1. The van der Waals surface area contributed by atoms with E-state index >= 15 is 0 Å². The van der Waals surface area contributed by atoms with Crippen molar-refractivity contribution in [2.24, 2.45) is 0 Å². The first-order valence-corrected chi connectivity index (χ1v) is 10.1. The molecule has 2 aromatic rings. The Morgan fingerprint density at radius 2 is 1.78 bits per heavy atom. The molecule has 5 heteroatoms. The molecule has 0 aliphatic rings. The van der Waals surface area contributed by atoms with Gasteiger partial charge in [0.15, 0.2) is 11.5 Å². The number of nitrogens with one attached hydrogen (secondary N) is 1. The molecule has 0 saturated heterocycles. The van der Waals surface area contributed by atoms with E-state index in [0.717, 1.165) is 59.7 Å². The van der Waals surface area contributed by atoms with E-state index in [1.54, 1.807) is 14.2 Å². The van der Waals surface area contributed by atoms with Crippen LogP contribution >= 0.6 is 0 Å². The molecule has 1 heterocycles. The van der Waals surface area contributed by atoms with Crippen molar-refractivity contribution in [3.63, 3.8) is 0 Å². The van der Waals surface area contributed by atoms with E-state index in [-0.39, 0.29) is 0 Å². The van der Waals surface area contributed by atoms with Gasteiger partial charge in [-0.2, -0.15) is 0 Å². The van der Waals surface area contributed by atoms with Crippen LogP contribution in [-0.2, 0) is 0 Å². The Kier molecular flexibility index (Phi) is 8.65. The predicted octanol–water partition coefficient (Wildman–Crippen LogP) is 4.87. The van der Waals surface area contributed by atoms with Crippen LogP contribution in [0.15, 0.2) is 18.3 Å². The van der Waals surface area contributed by atoms with Gasteiger partial charge in [-0.25, -0.2) is 0 Å². The molecule has 0 aliphatic carbocycles. The summed E-state index contributed by atoms with van der Waals surface area (Å²) in [5.74, 6) is 1.49. The molecule has 0 unspecified atom stereocenters. The number of fused-ring (bicyclic) bond motifs is 1. The number of benzene rings is 1. The van der Waals surface area contributed by atoms with E-state index in [0.29, 0.717) is 0 Å². The smallest absolute Gasteiger partial charge is 0.170 e. The molecule has 0 saturated carbocycles. The van der Waals surface area contributed by atoms with Gasteiger partial charge in [0.05, 0.1) is 30.8 Å². The highest BCUT2D eigenvalue weighted by molar-refractivity contribution is 5.99. The van der Waals surface area contributed by atoms with Crippen LogP contribution in [-0.4, -0.2) is 50.3 Å². The molecule has 1 N–H and O–H groups in total. The first-order valence-electron chi connectivity index (χ1n) is 10.1. The third kappa shape index (κ3) is 5.48. The van der Waals surface area contributed by atoms with Gasteiger partial charge in [-0.15, -0.1) is 0 Å². The molecule has 0 atom stereocenters. The van der Waals surface area contributed by atoms with E-state index in [2.05, 4.69) is 36.0 Å². The van der Waals surface area contributed by atoms with E-state index in [1.807, 2.05) is 18.3 Å². The molecule has 5 nitrogen and oxygen atoms in total. The maximum atomic E-state index is 5.60. The molecule has 0 aliphatic heterocycles. The molecule has 1 aromatic heterocycles. The van der Waals surface area contributed by atoms with Gasteiger partial charge >= 0.3 is 0 Å². The highest BCUT2D eigenvalue weighted by Gasteiger charge is 2.16. The normalized spacial score (nSPS) is 11.2. The molecular weight excluding hydrogens is 338 g/mol. The monoisotopic (exact) mass is 373 g/mol. The van der Waals surface area contributed by atoms with Gasteiger partial charge in [-0.3, -0.25) is 4.98 Å². The van der Waals surface area contributed by atoms with Gasteiger partial charge < -0.3 is 19.7 Å². The average molecular weight is 374 g/mol. The van der Waals surface area contributed by atoms with Crippen molar-refractivity contribution in [3.05, 3.63) is 23.9 Å². The number of methoxy groups -OCH3 is 2. The molecule has 1 aromatic carbocycles. The largest absolute Gasteiger partial charge is 0.493 e. The lowest BCUT2D eigenvalue weighted by Gasteiger charge is -2.18. The lowest BCUT2D eigenvalue weighted by Crippen LogP contribution is -2.23. The number of rotatable bonds is 12. The third-order valence-electron chi connectivity index (χ3n) is 5.18. The first-order chi connectivity index (χ1) is 13.2. The summed E-state index contributed by atoms with van der Waals surface area (Å²) >= 11 is 0. The fourth-order valence-corrected chi connectivity index (χ4v) is 3.50. The molecule has 0 bridgehead atoms. The SMILES string of the molecule is CCN(CC)CCCCCCNc1cc(OC)c(OC)c2c(C)ccnc12. The van der Waals surface area contributed by atoms with Crippen molar-refractivity contribution in [2.75, 3.05) is 45.7 Å². The fraction of sp³-hybridized carbons (Fsp3) is 0.591. The zero-order valence-electron chi connectivity index (χ0n) is 17.6. The number of anilines is 1. The summed E-state index contributed by atoms with van der Waals surface area (Å²) in [5, 5.41) is 4.57. The van der Waals surface area contributed by atoms with Crippen LogP contribution in [0.5, 0.6) is 11.5 Å². The summed E-state index contributed by atoms with van der Waals surface area (Å²) in [7, 11) is 3.35. The molecule has 0 amide bonds. The zero-order valence-corrected chi connectivity index (χ0v) is 17.6. The fourth-order valence-electron chi connectivity index (χ4n) is 3.50. The van der Waals surface area contributed by atoms with Gasteiger partial charge in [0.2, 0.25) is 0 Å². The number of aromatic nitrogens is 1. The van der Waals surface area contributed by atoms with Gasteiger partial charge in [0, 0.05) is 18.8 Å². The molecule has 0 radical (unpaired) electrons. The molecule has 27 heavy (non-hydrogen) atoms. The highest BCUT2D eigenvalue weighted by Crippen LogP contribution is 2.40. The van der Waals surface area contributed by atoms with Crippen LogP contribution in [0.3, 0.4) is 0 Å². The highest BCUT2D eigenvalue weighted by atomic mass is 16.5. The second-order valence-corrected chi connectivity index (χ2v) is 6.88. The Morgan fingerprint density at radius 1 is 1.04 bits per heavy atom. The molecule has 2 rings (SSSR count). The number of ether oxygens (including phenoxy) is 2. The van der Waals surface area contributed by atoms with E-state index < -0.39 is 0 Å². The van der Waals surface area contributed by atoms with E-state index in [1.165, 1.54) is 25.8 Å². The lowest BCUT2D eigenvalue weighted by atomic mass is 10.1. The van der Waals surface area contributed by atoms with E-state index in [9.17, 15) is 0 Å². The van der Waals surface area contributed by atoms with Crippen molar-refractivity contribution < 1.29 is 9.47 Å². The van der Waals surface area contributed by atoms with Crippen molar-refractivity contribution in [2.45, 2.75) is 46.5 Å². The van der Waals surface area contributed by atoms with Crippen molar-refractivity contribution in [1.82, 2.24) is 9.88 Å². The summed E-state index contributed by atoms with van der Waals surface area (Å²) in [4.78, 5) is 7.08. The zero-order chi connectivity index (χ0) is 19.6. The van der Waals surface area contributed by atoms with Crippen LogP contribution < -0.4 is 14.8 Å². The quantitative estimate of drug-likeness (QED) is 0.538. The maximum absolute atomic E-state index is 5.60. The second-order valence-electron chi connectivity index (χ2n) is 6.88. The number of unbranched alkanes of at least 4 members (excludes halogenated alkanes) is 3. The van der Waals surface area contributed by atoms with Crippen molar-refractivity contribution in [3.8, 4) is 11.5 Å².